The Labute approximate surface area is 123 Å². The molecule has 1 aromatic heterocycles. The lowest BCUT2D eigenvalue weighted by Crippen LogP contribution is -2.09. The molecule has 0 bridgehead atoms. The van der Waals surface area contributed by atoms with Gasteiger partial charge in [0, 0.05) is 6.54 Å². The van der Waals surface area contributed by atoms with Crippen molar-refractivity contribution in [1.29, 1.82) is 0 Å². The average molecular weight is 292 g/mol. The first-order valence-corrected chi connectivity index (χ1v) is 7.70. The normalized spacial score (nSPS) is 10.9. The molecular formula is C14H20N4OS. The van der Waals surface area contributed by atoms with Crippen molar-refractivity contribution in [2.45, 2.75) is 38.2 Å². The number of nitrogens with zero attached hydrogens (tertiary/aromatic N) is 3. The van der Waals surface area contributed by atoms with Gasteiger partial charge in [-0.3, -0.25) is 0 Å². The van der Waals surface area contributed by atoms with Crippen LogP contribution < -0.4 is 5.73 Å². The molecule has 0 aliphatic carbocycles. The fraction of sp³-hybridized carbons (Fsp3) is 0.429. The predicted molar refractivity (Wildman–Crippen MR) is 80.2 cm³/mol. The molecule has 0 aliphatic rings. The van der Waals surface area contributed by atoms with E-state index in [-0.39, 0.29) is 0 Å². The minimum atomic E-state index is 0.415. The maximum atomic E-state index is 5.66. The quantitative estimate of drug-likeness (QED) is 0.460. The van der Waals surface area contributed by atoms with Crippen molar-refractivity contribution in [3.8, 4) is 0 Å². The maximum absolute atomic E-state index is 5.66. The predicted octanol–water partition coefficient (Wildman–Crippen LogP) is 2.41. The largest absolute Gasteiger partial charge is 0.366 e. The van der Waals surface area contributed by atoms with E-state index in [4.69, 9.17) is 10.5 Å². The number of aromatic nitrogens is 3. The zero-order valence-corrected chi connectivity index (χ0v) is 12.5. The van der Waals surface area contributed by atoms with Crippen LogP contribution in [0.3, 0.4) is 0 Å². The van der Waals surface area contributed by atoms with Crippen molar-refractivity contribution in [2.24, 2.45) is 5.73 Å². The molecule has 0 amide bonds. The average Bonchev–Trinajstić information content (AvgIpc) is 2.87. The Morgan fingerprint density at radius 2 is 2.05 bits per heavy atom. The molecule has 6 heteroatoms. The van der Waals surface area contributed by atoms with Crippen molar-refractivity contribution >= 4 is 11.8 Å². The maximum Gasteiger partial charge on any atom is 0.193 e. The van der Waals surface area contributed by atoms with Crippen molar-refractivity contribution < 1.29 is 4.74 Å². The van der Waals surface area contributed by atoms with E-state index in [0.717, 1.165) is 23.9 Å². The summed E-state index contributed by atoms with van der Waals surface area (Å²) in [5, 5.41) is 9.14. The molecule has 108 valence electrons. The van der Waals surface area contributed by atoms with Crippen molar-refractivity contribution in [1.82, 2.24) is 14.8 Å². The van der Waals surface area contributed by atoms with Gasteiger partial charge >= 0.3 is 0 Å². The summed E-state index contributed by atoms with van der Waals surface area (Å²) < 4.78 is 7.72. The first kappa shape index (κ1) is 15.0. The third kappa shape index (κ3) is 4.06. The van der Waals surface area contributed by atoms with Crippen LogP contribution in [0.2, 0.25) is 0 Å². The first-order valence-electron chi connectivity index (χ1n) is 6.71. The summed E-state index contributed by atoms with van der Waals surface area (Å²) in [6.07, 6.45) is 1.03. The summed E-state index contributed by atoms with van der Waals surface area (Å²) in [7, 11) is 0. The highest BCUT2D eigenvalue weighted by molar-refractivity contribution is 7.99. The monoisotopic (exact) mass is 292 g/mol. The number of hydrogen-bond acceptors (Lipinski definition) is 5. The van der Waals surface area contributed by atoms with Gasteiger partial charge in [-0.2, -0.15) is 0 Å². The third-order valence-electron chi connectivity index (χ3n) is 2.81. The van der Waals surface area contributed by atoms with E-state index in [1.165, 1.54) is 5.56 Å². The van der Waals surface area contributed by atoms with E-state index >= 15 is 0 Å². The molecule has 2 rings (SSSR count). The minimum Gasteiger partial charge on any atom is -0.366 e. The van der Waals surface area contributed by atoms with Crippen LogP contribution in [-0.2, 0) is 24.4 Å². The minimum absolute atomic E-state index is 0.415. The number of hydrogen-bond donors (Lipinski definition) is 1. The standard InChI is InChI=1S/C14H20N4OS/c1-2-8-18-13(9-15)16-17-14(18)20-11-19-10-12-6-4-3-5-7-12/h3-7H,2,8-11,15H2,1H3. The van der Waals surface area contributed by atoms with Gasteiger partial charge in [0.25, 0.3) is 0 Å². The lowest BCUT2D eigenvalue weighted by atomic mass is 10.2. The van der Waals surface area contributed by atoms with Crippen molar-refractivity contribution in [2.75, 3.05) is 5.94 Å². The number of ether oxygens (including phenoxy) is 1. The van der Waals surface area contributed by atoms with Crippen LogP contribution >= 0.6 is 11.8 Å². The molecule has 2 N–H and O–H groups in total. The van der Waals surface area contributed by atoms with E-state index in [9.17, 15) is 0 Å². The Balaban J connectivity index is 1.83. The molecule has 5 nitrogen and oxygen atoms in total. The van der Waals surface area contributed by atoms with Crippen LogP contribution in [0, 0.1) is 0 Å². The molecule has 20 heavy (non-hydrogen) atoms. The Bertz CT molecular complexity index is 515. The number of benzene rings is 1. The van der Waals surface area contributed by atoms with Crippen LogP contribution in [0.1, 0.15) is 24.7 Å². The molecule has 2 aromatic rings. The van der Waals surface area contributed by atoms with Crippen molar-refractivity contribution in [3.63, 3.8) is 0 Å². The van der Waals surface area contributed by atoms with Crippen LogP contribution in [0.4, 0.5) is 0 Å². The first-order chi connectivity index (χ1) is 9.85. The van der Waals surface area contributed by atoms with Crippen LogP contribution in [0.25, 0.3) is 0 Å². The Morgan fingerprint density at radius 1 is 1.25 bits per heavy atom. The SMILES string of the molecule is CCCn1c(CN)nnc1SCOCc1ccccc1. The summed E-state index contributed by atoms with van der Waals surface area (Å²) in [5.41, 5.74) is 6.83. The summed E-state index contributed by atoms with van der Waals surface area (Å²) in [6, 6.07) is 10.1. The summed E-state index contributed by atoms with van der Waals surface area (Å²) in [6.45, 7) is 4.04. The second-order valence-corrected chi connectivity index (χ2v) is 5.24. The molecule has 0 fully saturated rings. The second-order valence-electron chi connectivity index (χ2n) is 4.35. The molecule has 0 saturated heterocycles. The van der Waals surface area contributed by atoms with Gasteiger partial charge in [-0.05, 0) is 12.0 Å². The summed E-state index contributed by atoms with van der Waals surface area (Å²) in [4.78, 5) is 0. The fourth-order valence-corrected chi connectivity index (χ4v) is 2.58. The van der Waals surface area contributed by atoms with Crippen molar-refractivity contribution in [3.05, 3.63) is 41.7 Å². The molecule has 0 saturated carbocycles. The van der Waals surface area contributed by atoms with E-state index in [1.54, 1.807) is 11.8 Å². The highest BCUT2D eigenvalue weighted by Gasteiger charge is 2.10. The van der Waals surface area contributed by atoms with Crippen LogP contribution in [0.5, 0.6) is 0 Å². The van der Waals surface area contributed by atoms with E-state index in [0.29, 0.717) is 19.1 Å². The van der Waals surface area contributed by atoms with Gasteiger partial charge in [0.15, 0.2) is 5.16 Å². The zero-order chi connectivity index (χ0) is 14.2. The van der Waals surface area contributed by atoms with E-state index < -0.39 is 0 Å². The molecule has 0 unspecified atom stereocenters. The smallest absolute Gasteiger partial charge is 0.193 e. The molecule has 0 atom stereocenters. The molecule has 0 spiro atoms. The van der Waals surface area contributed by atoms with E-state index in [2.05, 4.69) is 33.8 Å². The third-order valence-corrected chi connectivity index (χ3v) is 3.65. The molecule has 1 heterocycles. The Kier molecular flexibility index (Phi) is 6.04. The summed E-state index contributed by atoms with van der Waals surface area (Å²) >= 11 is 1.55. The lowest BCUT2D eigenvalue weighted by molar-refractivity contribution is 0.169. The molecule has 0 radical (unpaired) electrons. The lowest BCUT2D eigenvalue weighted by Gasteiger charge is -2.08. The second kappa shape index (κ2) is 8.04. The number of nitrogens with two attached hydrogens (primary N) is 1. The Morgan fingerprint density at radius 3 is 2.75 bits per heavy atom. The van der Waals surface area contributed by atoms with Gasteiger partial charge in [-0.25, -0.2) is 0 Å². The zero-order valence-electron chi connectivity index (χ0n) is 11.7. The van der Waals surface area contributed by atoms with Crippen LogP contribution in [0.15, 0.2) is 35.5 Å². The van der Waals surface area contributed by atoms with Gasteiger partial charge in [0.1, 0.15) is 11.8 Å². The van der Waals surface area contributed by atoms with E-state index in [1.807, 2.05) is 18.2 Å². The molecular weight excluding hydrogens is 272 g/mol. The van der Waals surface area contributed by atoms with Gasteiger partial charge in [-0.15, -0.1) is 10.2 Å². The van der Waals surface area contributed by atoms with Gasteiger partial charge in [0.2, 0.25) is 0 Å². The van der Waals surface area contributed by atoms with Gasteiger partial charge in [-0.1, -0.05) is 49.0 Å². The highest BCUT2D eigenvalue weighted by atomic mass is 32.2. The van der Waals surface area contributed by atoms with Crippen LogP contribution in [-0.4, -0.2) is 20.7 Å². The van der Waals surface area contributed by atoms with Gasteiger partial charge in [0.05, 0.1) is 13.2 Å². The topological polar surface area (TPSA) is 66.0 Å². The fourth-order valence-electron chi connectivity index (χ4n) is 1.85. The summed E-state index contributed by atoms with van der Waals surface area (Å²) in [5.74, 6) is 1.39. The molecule has 0 aliphatic heterocycles. The molecule has 1 aromatic carbocycles. The number of thioether (sulfide) groups is 1. The van der Waals surface area contributed by atoms with Gasteiger partial charge < -0.3 is 15.0 Å². The number of rotatable bonds is 8. The Hall–Kier alpha value is -1.37. The highest BCUT2D eigenvalue weighted by Crippen LogP contribution is 2.18.